The molecule has 1 atom stereocenters. The highest BCUT2D eigenvalue weighted by Gasteiger charge is 2.40. The van der Waals surface area contributed by atoms with Gasteiger partial charge in [-0.05, 0) is 44.9 Å². The third-order valence-corrected chi connectivity index (χ3v) is 4.05. The number of methoxy groups -OCH3 is 1. The lowest BCUT2D eigenvalue weighted by Crippen LogP contribution is -2.44. The molecule has 0 spiro atoms. The topological polar surface area (TPSA) is 38.5 Å². The van der Waals surface area contributed by atoms with Crippen molar-refractivity contribution in [3.8, 4) is 5.75 Å². The molecule has 94 valence electrons. The Morgan fingerprint density at radius 1 is 1.47 bits per heavy atom. The molecule has 3 nitrogen and oxygen atoms in total. The van der Waals surface area contributed by atoms with E-state index < -0.39 is 0 Å². The summed E-state index contributed by atoms with van der Waals surface area (Å²) in [7, 11) is 1.71. The molecule has 0 bridgehead atoms. The molecule has 2 rings (SSSR count). The average molecular weight is 234 g/mol. The van der Waals surface area contributed by atoms with Crippen LogP contribution in [0.15, 0.2) is 24.3 Å². The molecule has 3 heteroatoms. The van der Waals surface area contributed by atoms with Crippen LogP contribution in [-0.4, -0.2) is 25.7 Å². The Hall–Kier alpha value is -1.22. The normalized spacial score (nSPS) is 22.8. The number of anilines is 1. The molecule has 2 N–H and O–H groups in total. The van der Waals surface area contributed by atoms with E-state index in [2.05, 4.69) is 30.9 Å². The summed E-state index contributed by atoms with van der Waals surface area (Å²) in [6, 6.07) is 8.26. The molecule has 1 aromatic rings. The number of nitrogens with zero attached hydrogens (tertiary/aromatic N) is 1. The third-order valence-electron chi connectivity index (χ3n) is 4.05. The van der Waals surface area contributed by atoms with Gasteiger partial charge in [0.2, 0.25) is 0 Å². The monoisotopic (exact) mass is 234 g/mol. The smallest absolute Gasteiger partial charge is 0.120 e. The molecule has 0 amide bonds. The Morgan fingerprint density at radius 2 is 2.24 bits per heavy atom. The summed E-state index contributed by atoms with van der Waals surface area (Å²) in [6.45, 7) is 6.38. The minimum absolute atomic E-state index is 0.126. The first-order valence-electron chi connectivity index (χ1n) is 6.21. The quantitative estimate of drug-likeness (QED) is 0.872. The Bertz CT molecular complexity index is 390. The van der Waals surface area contributed by atoms with E-state index in [1.165, 1.54) is 12.1 Å². The first kappa shape index (κ1) is 12.2. The van der Waals surface area contributed by atoms with Gasteiger partial charge < -0.3 is 15.4 Å². The zero-order valence-electron chi connectivity index (χ0n) is 10.9. The van der Waals surface area contributed by atoms with Crippen molar-refractivity contribution in [1.82, 2.24) is 0 Å². The molecule has 1 unspecified atom stereocenters. The maximum atomic E-state index is 5.85. The van der Waals surface area contributed by atoms with Gasteiger partial charge in [-0.3, -0.25) is 0 Å². The number of ether oxygens (including phenoxy) is 1. The second kappa shape index (κ2) is 4.57. The van der Waals surface area contributed by atoms with E-state index in [-0.39, 0.29) is 5.54 Å². The average Bonchev–Trinajstić information content (AvgIpc) is 2.64. The number of hydrogen-bond acceptors (Lipinski definition) is 3. The zero-order valence-corrected chi connectivity index (χ0v) is 10.9. The van der Waals surface area contributed by atoms with Gasteiger partial charge in [0.1, 0.15) is 5.75 Å². The molecule has 17 heavy (non-hydrogen) atoms. The third kappa shape index (κ3) is 2.12. The summed E-state index contributed by atoms with van der Waals surface area (Å²) in [5.74, 6) is 1.48. The van der Waals surface area contributed by atoms with Gasteiger partial charge in [-0.1, -0.05) is 6.07 Å². The van der Waals surface area contributed by atoms with Gasteiger partial charge in [0, 0.05) is 23.8 Å². The number of rotatable bonds is 3. The molecule has 1 aliphatic heterocycles. The van der Waals surface area contributed by atoms with E-state index in [0.29, 0.717) is 5.92 Å². The standard InChI is InChI=1S/C14H22N2O/c1-14(2)11(10-15)7-8-16(14)12-5-4-6-13(9-12)17-3/h4-6,9,11H,7-8,10,15H2,1-3H3. The van der Waals surface area contributed by atoms with Crippen LogP contribution < -0.4 is 15.4 Å². The lowest BCUT2D eigenvalue weighted by molar-refractivity contribution is 0.373. The molecular weight excluding hydrogens is 212 g/mol. The number of benzene rings is 1. The van der Waals surface area contributed by atoms with Crippen molar-refractivity contribution in [2.45, 2.75) is 25.8 Å². The summed E-state index contributed by atoms with van der Waals surface area (Å²) in [5, 5.41) is 0. The number of nitrogens with two attached hydrogens (primary N) is 1. The second-order valence-electron chi connectivity index (χ2n) is 5.23. The van der Waals surface area contributed by atoms with Crippen LogP contribution in [0.1, 0.15) is 20.3 Å². The molecule has 0 aliphatic carbocycles. The number of hydrogen-bond donors (Lipinski definition) is 1. The maximum Gasteiger partial charge on any atom is 0.120 e. The molecule has 0 aromatic heterocycles. The van der Waals surface area contributed by atoms with Crippen molar-refractivity contribution >= 4 is 5.69 Å². The highest BCUT2D eigenvalue weighted by Crippen LogP contribution is 2.38. The second-order valence-corrected chi connectivity index (χ2v) is 5.23. The molecule has 1 aromatic carbocycles. The fourth-order valence-corrected chi connectivity index (χ4v) is 2.79. The maximum absolute atomic E-state index is 5.85. The van der Waals surface area contributed by atoms with Crippen molar-refractivity contribution in [2.75, 3.05) is 25.1 Å². The van der Waals surface area contributed by atoms with Crippen LogP contribution in [0.5, 0.6) is 5.75 Å². The summed E-state index contributed by atoms with van der Waals surface area (Å²) < 4.78 is 5.28. The van der Waals surface area contributed by atoms with Gasteiger partial charge in [0.25, 0.3) is 0 Å². The molecule has 1 saturated heterocycles. The van der Waals surface area contributed by atoms with E-state index in [1.54, 1.807) is 7.11 Å². The summed E-state index contributed by atoms with van der Waals surface area (Å²) in [4.78, 5) is 2.44. The highest BCUT2D eigenvalue weighted by molar-refractivity contribution is 5.54. The van der Waals surface area contributed by atoms with Crippen LogP contribution >= 0.6 is 0 Å². The lowest BCUT2D eigenvalue weighted by Gasteiger charge is -2.37. The minimum atomic E-state index is 0.126. The van der Waals surface area contributed by atoms with Gasteiger partial charge in [-0.25, -0.2) is 0 Å². The van der Waals surface area contributed by atoms with Crippen molar-refractivity contribution < 1.29 is 4.74 Å². The van der Waals surface area contributed by atoms with Crippen LogP contribution in [0.25, 0.3) is 0 Å². The zero-order chi connectivity index (χ0) is 12.5. The molecule has 1 aliphatic rings. The van der Waals surface area contributed by atoms with Crippen LogP contribution in [0, 0.1) is 5.92 Å². The minimum Gasteiger partial charge on any atom is -0.497 e. The SMILES string of the molecule is COc1cccc(N2CCC(CN)C2(C)C)c1. The van der Waals surface area contributed by atoms with Crippen molar-refractivity contribution in [2.24, 2.45) is 11.7 Å². The predicted octanol–water partition coefficient (Wildman–Crippen LogP) is 2.26. The fourth-order valence-electron chi connectivity index (χ4n) is 2.79. The van der Waals surface area contributed by atoms with Gasteiger partial charge in [-0.2, -0.15) is 0 Å². The van der Waals surface area contributed by atoms with Crippen molar-refractivity contribution in [3.05, 3.63) is 24.3 Å². The van der Waals surface area contributed by atoms with E-state index in [0.717, 1.165) is 18.8 Å². The van der Waals surface area contributed by atoms with Gasteiger partial charge in [-0.15, -0.1) is 0 Å². The molecular formula is C14H22N2O. The molecule has 0 radical (unpaired) electrons. The van der Waals surface area contributed by atoms with E-state index >= 15 is 0 Å². The fraction of sp³-hybridized carbons (Fsp3) is 0.571. The van der Waals surface area contributed by atoms with Crippen molar-refractivity contribution in [1.29, 1.82) is 0 Å². The summed E-state index contributed by atoms with van der Waals surface area (Å²) in [5.41, 5.74) is 7.21. The molecule has 1 fully saturated rings. The first-order chi connectivity index (χ1) is 8.09. The Kier molecular flexibility index (Phi) is 3.29. The molecule has 1 heterocycles. The van der Waals surface area contributed by atoms with Crippen LogP contribution in [-0.2, 0) is 0 Å². The summed E-state index contributed by atoms with van der Waals surface area (Å²) in [6.07, 6.45) is 1.17. The van der Waals surface area contributed by atoms with Gasteiger partial charge in [0.15, 0.2) is 0 Å². The van der Waals surface area contributed by atoms with Gasteiger partial charge in [0.05, 0.1) is 7.11 Å². The van der Waals surface area contributed by atoms with Crippen LogP contribution in [0.2, 0.25) is 0 Å². The lowest BCUT2D eigenvalue weighted by atomic mass is 9.88. The van der Waals surface area contributed by atoms with E-state index in [1.807, 2.05) is 12.1 Å². The Morgan fingerprint density at radius 3 is 2.82 bits per heavy atom. The van der Waals surface area contributed by atoms with Crippen molar-refractivity contribution in [3.63, 3.8) is 0 Å². The Balaban J connectivity index is 2.28. The van der Waals surface area contributed by atoms with E-state index in [4.69, 9.17) is 10.5 Å². The first-order valence-corrected chi connectivity index (χ1v) is 6.21. The predicted molar refractivity (Wildman–Crippen MR) is 71.6 cm³/mol. The van der Waals surface area contributed by atoms with E-state index in [9.17, 15) is 0 Å². The molecule has 0 saturated carbocycles. The van der Waals surface area contributed by atoms with Crippen LogP contribution in [0.4, 0.5) is 5.69 Å². The summed E-state index contributed by atoms with van der Waals surface area (Å²) >= 11 is 0. The van der Waals surface area contributed by atoms with Crippen LogP contribution in [0.3, 0.4) is 0 Å². The van der Waals surface area contributed by atoms with Gasteiger partial charge >= 0.3 is 0 Å². The Labute approximate surface area is 104 Å². The highest BCUT2D eigenvalue weighted by atomic mass is 16.5. The largest absolute Gasteiger partial charge is 0.497 e.